The van der Waals surface area contributed by atoms with Gasteiger partial charge in [-0.05, 0) is 80.2 Å². The molecule has 4 rings (SSSR count). The van der Waals surface area contributed by atoms with Crippen molar-refractivity contribution in [3.8, 4) is 11.5 Å². The van der Waals surface area contributed by atoms with Gasteiger partial charge in [0.05, 0.1) is 6.10 Å². The number of phenolic OH excluding ortho intramolecular Hbond substituents is 2. The lowest BCUT2D eigenvalue weighted by Gasteiger charge is -2.50. The molecule has 3 heteroatoms. The van der Waals surface area contributed by atoms with Gasteiger partial charge in [0.25, 0.3) is 0 Å². The van der Waals surface area contributed by atoms with Gasteiger partial charge in [-0.2, -0.15) is 0 Å². The molecule has 0 aliphatic heterocycles. The molecule has 22 heavy (non-hydrogen) atoms. The van der Waals surface area contributed by atoms with E-state index < -0.39 is 0 Å². The van der Waals surface area contributed by atoms with Crippen LogP contribution in [0.5, 0.6) is 11.5 Å². The van der Waals surface area contributed by atoms with Crippen LogP contribution in [-0.2, 0) is 6.42 Å². The fourth-order valence-electron chi connectivity index (χ4n) is 5.79. The minimum absolute atomic E-state index is 0.0697. The van der Waals surface area contributed by atoms with E-state index in [9.17, 15) is 15.3 Å². The van der Waals surface area contributed by atoms with E-state index >= 15 is 0 Å². The Kier molecular flexibility index (Phi) is 3.03. The summed E-state index contributed by atoms with van der Waals surface area (Å²) in [4.78, 5) is 0. The van der Waals surface area contributed by atoms with E-state index in [1.807, 2.05) is 6.07 Å². The zero-order valence-electron chi connectivity index (χ0n) is 13.5. The Balaban J connectivity index is 1.78. The van der Waals surface area contributed by atoms with Crippen molar-refractivity contribution in [2.75, 3.05) is 0 Å². The van der Waals surface area contributed by atoms with Crippen LogP contribution in [0.1, 0.15) is 61.6 Å². The highest BCUT2D eigenvalue weighted by molar-refractivity contribution is 5.55. The zero-order valence-corrected chi connectivity index (χ0v) is 13.5. The molecular weight excluding hydrogens is 276 g/mol. The van der Waals surface area contributed by atoms with E-state index in [2.05, 4.69) is 6.92 Å². The molecule has 0 bridgehead atoms. The lowest BCUT2D eigenvalue weighted by atomic mass is 9.55. The van der Waals surface area contributed by atoms with Crippen LogP contribution in [0.15, 0.2) is 6.07 Å². The molecule has 3 aliphatic carbocycles. The van der Waals surface area contributed by atoms with Crippen LogP contribution in [-0.4, -0.2) is 21.4 Å². The second-order valence-electron chi connectivity index (χ2n) is 8.00. The smallest absolute Gasteiger partial charge is 0.125 e. The summed E-state index contributed by atoms with van der Waals surface area (Å²) in [7, 11) is 0. The summed E-state index contributed by atoms with van der Waals surface area (Å²) in [6, 6.07) is 1.86. The molecule has 5 atom stereocenters. The van der Waals surface area contributed by atoms with E-state index in [0.29, 0.717) is 29.1 Å². The SMILES string of the molecule is Cc1c(O)cc2c(c1O)[C@H]1CC[C@]3(C)C(O)CC[C@H]3[C@H]1CC2. The van der Waals surface area contributed by atoms with Gasteiger partial charge in [-0.1, -0.05) is 6.92 Å². The van der Waals surface area contributed by atoms with Crippen molar-refractivity contribution >= 4 is 0 Å². The van der Waals surface area contributed by atoms with Gasteiger partial charge in [-0.3, -0.25) is 0 Å². The summed E-state index contributed by atoms with van der Waals surface area (Å²) in [5, 5.41) is 31.0. The van der Waals surface area contributed by atoms with Gasteiger partial charge < -0.3 is 15.3 Å². The van der Waals surface area contributed by atoms with Gasteiger partial charge in [-0.15, -0.1) is 0 Å². The third-order valence-corrected chi connectivity index (χ3v) is 7.16. The first-order valence-electron chi connectivity index (χ1n) is 8.66. The average Bonchev–Trinajstić information content (AvgIpc) is 2.80. The minimum atomic E-state index is -0.157. The molecule has 1 unspecified atom stereocenters. The molecule has 2 fully saturated rings. The first kappa shape index (κ1) is 14.4. The Morgan fingerprint density at radius 1 is 1.14 bits per heavy atom. The van der Waals surface area contributed by atoms with Crippen molar-refractivity contribution in [2.24, 2.45) is 17.3 Å². The van der Waals surface area contributed by atoms with E-state index in [0.717, 1.165) is 49.7 Å². The lowest BCUT2D eigenvalue weighted by molar-refractivity contribution is -0.0229. The Morgan fingerprint density at radius 3 is 2.68 bits per heavy atom. The quantitative estimate of drug-likeness (QED) is 0.686. The molecule has 3 nitrogen and oxygen atoms in total. The fraction of sp³-hybridized carbons (Fsp3) is 0.684. The first-order valence-corrected chi connectivity index (χ1v) is 8.66. The predicted molar refractivity (Wildman–Crippen MR) is 85.1 cm³/mol. The van der Waals surface area contributed by atoms with E-state index in [-0.39, 0.29) is 17.3 Å². The maximum Gasteiger partial charge on any atom is 0.125 e. The maximum atomic E-state index is 10.6. The molecule has 0 radical (unpaired) electrons. The number of aliphatic hydroxyl groups is 1. The second kappa shape index (κ2) is 4.64. The molecule has 0 saturated heterocycles. The zero-order chi connectivity index (χ0) is 15.6. The first-order chi connectivity index (χ1) is 10.4. The number of rotatable bonds is 0. The molecule has 2 saturated carbocycles. The molecule has 120 valence electrons. The monoisotopic (exact) mass is 302 g/mol. The number of aromatic hydroxyl groups is 2. The molecule has 1 aromatic rings. The van der Waals surface area contributed by atoms with Crippen molar-refractivity contribution in [3.05, 3.63) is 22.8 Å². The molecular formula is C19H26O3. The average molecular weight is 302 g/mol. The van der Waals surface area contributed by atoms with E-state index in [1.54, 1.807) is 6.92 Å². The van der Waals surface area contributed by atoms with Crippen molar-refractivity contribution < 1.29 is 15.3 Å². The largest absolute Gasteiger partial charge is 0.508 e. The van der Waals surface area contributed by atoms with Crippen molar-refractivity contribution in [1.82, 2.24) is 0 Å². The standard InChI is InChI=1S/C19H26O3/c1-10-15(20)9-11-3-4-12-13(17(11)18(10)22)7-8-19(2)14(12)5-6-16(19)21/h9,12-14,16,20-22H,3-8H2,1-2H3/t12-,13-,14-,16?,19-/m0/s1. The normalized spacial score (nSPS) is 40.0. The molecule has 0 amide bonds. The topological polar surface area (TPSA) is 60.7 Å². The number of hydrogen-bond acceptors (Lipinski definition) is 3. The van der Waals surface area contributed by atoms with Crippen LogP contribution < -0.4 is 0 Å². The third kappa shape index (κ3) is 1.72. The van der Waals surface area contributed by atoms with Gasteiger partial charge in [0.15, 0.2) is 0 Å². The Morgan fingerprint density at radius 2 is 1.91 bits per heavy atom. The van der Waals surface area contributed by atoms with Crippen molar-refractivity contribution in [1.29, 1.82) is 0 Å². The lowest BCUT2D eigenvalue weighted by Crippen LogP contribution is -2.43. The summed E-state index contributed by atoms with van der Waals surface area (Å²) in [5.41, 5.74) is 2.90. The summed E-state index contributed by atoms with van der Waals surface area (Å²) in [5.74, 6) is 2.06. The number of aliphatic hydroxyl groups excluding tert-OH is 1. The number of phenols is 2. The highest BCUT2D eigenvalue weighted by Crippen LogP contribution is 2.62. The molecule has 3 N–H and O–H groups in total. The van der Waals surface area contributed by atoms with Crippen molar-refractivity contribution in [2.45, 2.75) is 64.4 Å². The van der Waals surface area contributed by atoms with Gasteiger partial charge in [0.2, 0.25) is 0 Å². The molecule has 0 heterocycles. The van der Waals surface area contributed by atoms with Gasteiger partial charge in [-0.25, -0.2) is 0 Å². The molecule has 3 aliphatic rings. The van der Waals surface area contributed by atoms with Crippen LogP contribution in [0.2, 0.25) is 0 Å². The summed E-state index contributed by atoms with van der Waals surface area (Å²) in [6.07, 6.45) is 6.02. The Bertz CT molecular complexity index is 624. The second-order valence-corrected chi connectivity index (χ2v) is 8.00. The van der Waals surface area contributed by atoms with Crippen LogP contribution in [0.3, 0.4) is 0 Å². The Labute approximate surface area is 132 Å². The maximum absolute atomic E-state index is 10.6. The van der Waals surface area contributed by atoms with E-state index in [1.165, 1.54) is 0 Å². The molecule has 0 spiro atoms. The fourth-order valence-corrected chi connectivity index (χ4v) is 5.79. The van der Waals surface area contributed by atoms with Gasteiger partial charge in [0.1, 0.15) is 11.5 Å². The summed E-state index contributed by atoms with van der Waals surface area (Å²) in [6.45, 7) is 4.06. The third-order valence-electron chi connectivity index (χ3n) is 7.16. The minimum Gasteiger partial charge on any atom is -0.508 e. The van der Waals surface area contributed by atoms with Crippen LogP contribution in [0.25, 0.3) is 0 Å². The Hall–Kier alpha value is -1.22. The number of fused-ring (bicyclic) bond motifs is 5. The van der Waals surface area contributed by atoms with Crippen LogP contribution in [0, 0.1) is 24.2 Å². The highest BCUT2D eigenvalue weighted by Gasteiger charge is 2.54. The van der Waals surface area contributed by atoms with Crippen LogP contribution >= 0.6 is 0 Å². The molecule has 1 aromatic carbocycles. The highest BCUT2D eigenvalue weighted by atomic mass is 16.3. The van der Waals surface area contributed by atoms with E-state index in [4.69, 9.17) is 0 Å². The summed E-state index contributed by atoms with van der Waals surface area (Å²) >= 11 is 0. The number of hydrogen-bond donors (Lipinski definition) is 3. The van der Waals surface area contributed by atoms with Gasteiger partial charge in [0, 0.05) is 11.1 Å². The van der Waals surface area contributed by atoms with Crippen molar-refractivity contribution in [3.63, 3.8) is 0 Å². The van der Waals surface area contributed by atoms with Gasteiger partial charge >= 0.3 is 0 Å². The van der Waals surface area contributed by atoms with Crippen LogP contribution in [0.4, 0.5) is 0 Å². The number of aryl methyl sites for hydroxylation is 1. The predicted octanol–water partition coefficient (Wildman–Crippen LogP) is 3.62. The molecule has 0 aromatic heterocycles. The summed E-state index contributed by atoms with van der Waals surface area (Å²) < 4.78 is 0. The number of benzene rings is 1.